The predicted molar refractivity (Wildman–Crippen MR) is 146 cm³/mol. The van der Waals surface area contributed by atoms with Crippen molar-refractivity contribution < 1.29 is 53.3 Å². The van der Waals surface area contributed by atoms with Gasteiger partial charge < -0.3 is 58.7 Å². The fourth-order valence-corrected chi connectivity index (χ4v) is 5.86. The maximum atomic E-state index is 12.0. The number of ether oxygens (including phenoxy) is 7. The summed E-state index contributed by atoms with van der Waals surface area (Å²) in [7, 11) is 0. The second-order valence-electron chi connectivity index (χ2n) is 12.2. The topological polar surface area (TPSA) is 158 Å². The number of nitrogens with zero attached hydrogens (tertiary/aromatic N) is 1. The molecule has 0 saturated carbocycles. The van der Waals surface area contributed by atoms with Crippen LogP contribution in [-0.2, 0) is 39.8 Å². The highest BCUT2D eigenvalue weighted by atomic mass is 16.8. The van der Waals surface area contributed by atoms with E-state index in [-0.39, 0.29) is 31.5 Å². The average Bonchev–Trinajstić information content (AvgIpc) is 3.61. The van der Waals surface area contributed by atoms with Gasteiger partial charge in [-0.05, 0) is 46.1 Å². The Morgan fingerprint density at radius 3 is 2.00 bits per heavy atom. The van der Waals surface area contributed by atoms with E-state index in [1.54, 1.807) is 13.8 Å². The summed E-state index contributed by atoms with van der Waals surface area (Å²) in [5.41, 5.74) is 0.966. The van der Waals surface area contributed by atoms with Crippen molar-refractivity contribution in [2.24, 2.45) is 0 Å². The first-order valence-corrected chi connectivity index (χ1v) is 14.6. The summed E-state index contributed by atoms with van der Waals surface area (Å²) in [5.74, 6) is -1.43. The standard InChI is InChI=1S/C21H30N2O6.C8H14O5/c1-21(2)28-18-17(24)16(27-19(18)29-21)12-23-10-8-15(9-11-23)22-20(25)26-13-14-6-4-3-5-7-14;1-8(2)12-6-5(10)4(3-9)11-7(6)13-8/h3-7,15-19,24H,8-13H2,1-2H3,(H,22,25);4-7,9-10H,3H2,1-2H3/t16-,17+,18-,19-;4-,5+,6-,7-/m11/s1. The highest BCUT2D eigenvalue weighted by Crippen LogP contribution is 2.38. The summed E-state index contributed by atoms with van der Waals surface area (Å²) in [5, 5.41) is 31.9. The van der Waals surface area contributed by atoms with Crippen LogP contribution in [0, 0.1) is 0 Å². The normalized spacial score (nSPS) is 37.0. The van der Waals surface area contributed by atoms with Crippen LogP contribution < -0.4 is 5.32 Å². The van der Waals surface area contributed by atoms with Gasteiger partial charge in [0.15, 0.2) is 24.2 Å². The van der Waals surface area contributed by atoms with E-state index in [4.69, 9.17) is 38.3 Å². The molecule has 13 heteroatoms. The molecule has 0 radical (unpaired) electrons. The van der Waals surface area contributed by atoms with Gasteiger partial charge in [-0.1, -0.05) is 30.3 Å². The molecule has 0 bridgehead atoms. The van der Waals surface area contributed by atoms with Crippen molar-refractivity contribution in [2.75, 3.05) is 26.2 Å². The van der Waals surface area contributed by atoms with Gasteiger partial charge in [-0.25, -0.2) is 4.79 Å². The first kappa shape index (κ1) is 31.5. The number of nitrogens with one attached hydrogen (secondary N) is 1. The van der Waals surface area contributed by atoms with Crippen LogP contribution in [0.4, 0.5) is 4.79 Å². The number of alkyl carbamates (subject to hydrolysis) is 1. The molecule has 0 spiro atoms. The van der Waals surface area contributed by atoms with Crippen molar-refractivity contribution in [3.8, 4) is 0 Å². The molecule has 8 atom stereocenters. The van der Waals surface area contributed by atoms with E-state index < -0.39 is 54.7 Å². The van der Waals surface area contributed by atoms with E-state index in [1.807, 2.05) is 44.2 Å². The second kappa shape index (κ2) is 13.0. The molecule has 1 amide bonds. The van der Waals surface area contributed by atoms with Gasteiger partial charge in [-0.3, -0.25) is 0 Å². The smallest absolute Gasteiger partial charge is 0.407 e. The number of hydrogen-bond acceptors (Lipinski definition) is 12. The van der Waals surface area contributed by atoms with Crippen molar-refractivity contribution in [3.05, 3.63) is 35.9 Å². The fraction of sp³-hybridized carbons (Fsp3) is 0.759. The maximum Gasteiger partial charge on any atom is 0.407 e. The van der Waals surface area contributed by atoms with E-state index in [2.05, 4.69) is 10.2 Å². The van der Waals surface area contributed by atoms with Crippen LogP contribution in [0.3, 0.4) is 0 Å². The zero-order valence-corrected chi connectivity index (χ0v) is 24.6. The molecule has 4 N–H and O–H groups in total. The van der Waals surface area contributed by atoms with Gasteiger partial charge in [0.05, 0.1) is 6.61 Å². The highest BCUT2D eigenvalue weighted by molar-refractivity contribution is 5.67. The summed E-state index contributed by atoms with van der Waals surface area (Å²) in [4.78, 5) is 14.3. The third kappa shape index (κ3) is 7.59. The molecular weight excluding hydrogens is 552 g/mol. The monoisotopic (exact) mass is 596 g/mol. The Bertz CT molecular complexity index is 1040. The van der Waals surface area contributed by atoms with Crippen LogP contribution in [0.2, 0.25) is 0 Å². The summed E-state index contributed by atoms with van der Waals surface area (Å²) >= 11 is 0. The van der Waals surface area contributed by atoms with Crippen molar-refractivity contribution in [2.45, 2.75) is 114 Å². The Morgan fingerprint density at radius 1 is 0.905 bits per heavy atom. The molecular formula is C29H44N2O11. The number of hydrogen-bond donors (Lipinski definition) is 4. The number of likely N-dealkylation sites (tertiary alicyclic amines) is 1. The number of amides is 1. The molecule has 0 aliphatic carbocycles. The molecule has 5 fully saturated rings. The number of rotatable bonds is 6. The summed E-state index contributed by atoms with van der Waals surface area (Å²) in [6.07, 6.45) is -3.14. The van der Waals surface area contributed by atoms with Crippen LogP contribution in [0.5, 0.6) is 0 Å². The molecule has 236 valence electrons. The molecule has 0 unspecified atom stereocenters. The molecule has 42 heavy (non-hydrogen) atoms. The third-order valence-corrected chi connectivity index (χ3v) is 7.97. The molecule has 1 aromatic rings. The zero-order chi connectivity index (χ0) is 30.1. The van der Waals surface area contributed by atoms with Gasteiger partial charge in [0.2, 0.25) is 0 Å². The Kier molecular flexibility index (Phi) is 9.74. The Hall–Kier alpha value is -1.91. The van der Waals surface area contributed by atoms with E-state index in [1.165, 1.54) is 0 Å². The number of aliphatic hydroxyl groups is 3. The Labute approximate surface area is 245 Å². The van der Waals surface area contributed by atoms with Crippen molar-refractivity contribution in [1.29, 1.82) is 0 Å². The summed E-state index contributed by atoms with van der Waals surface area (Å²) < 4.78 is 38.6. The van der Waals surface area contributed by atoms with E-state index in [0.717, 1.165) is 31.5 Å². The average molecular weight is 597 g/mol. The molecule has 5 heterocycles. The van der Waals surface area contributed by atoms with Gasteiger partial charge in [-0.15, -0.1) is 0 Å². The minimum Gasteiger partial charge on any atom is -0.445 e. The Balaban J connectivity index is 0.000000226. The summed E-state index contributed by atoms with van der Waals surface area (Å²) in [6.45, 7) is 9.46. The minimum absolute atomic E-state index is 0.0933. The number of carbonyl (C=O) groups excluding carboxylic acids is 1. The molecule has 0 aromatic heterocycles. The first-order chi connectivity index (χ1) is 19.9. The molecule has 6 rings (SSSR count). The largest absolute Gasteiger partial charge is 0.445 e. The fourth-order valence-electron chi connectivity index (χ4n) is 5.86. The van der Waals surface area contributed by atoms with Gasteiger partial charge in [0, 0.05) is 25.7 Å². The van der Waals surface area contributed by atoms with Gasteiger partial charge in [-0.2, -0.15) is 0 Å². The molecule has 1 aromatic carbocycles. The van der Waals surface area contributed by atoms with Gasteiger partial charge >= 0.3 is 6.09 Å². The SMILES string of the molecule is CC1(C)O[C@H]2O[C@H](CN3CCC(NC(=O)OCc4ccccc4)CC3)[C@H](O)[C@H]2O1.CC1(C)O[C@H]2O[C@H](CO)[C@H](O)[C@H]2O1. The predicted octanol–water partition coefficient (Wildman–Crippen LogP) is 0.831. The van der Waals surface area contributed by atoms with Gasteiger partial charge in [0.1, 0.15) is 43.2 Å². The molecule has 5 aliphatic heterocycles. The minimum atomic E-state index is -0.809. The maximum absolute atomic E-state index is 12.0. The van der Waals surface area contributed by atoms with Crippen LogP contribution in [-0.4, -0.2) is 119 Å². The highest BCUT2D eigenvalue weighted by Gasteiger charge is 2.55. The van der Waals surface area contributed by atoms with E-state index in [9.17, 15) is 15.0 Å². The summed E-state index contributed by atoms with van der Waals surface area (Å²) in [6, 6.07) is 9.72. The molecule has 13 nitrogen and oxygen atoms in total. The zero-order valence-electron chi connectivity index (χ0n) is 24.6. The Morgan fingerprint density at radius 2 is 1.45 bits per heavy atom. The quantitative estimate of drug-likeness (QED) is 0.367. The third-order valence-electron chi connectivity index (χ3n) is 7.97. The number of fused-ring (bicyclic) bond motifs is 2. The van der Waals surface area contributed by atoms with Crippen molar-refractivity contribution >= 4 is 6.09 Å². The molecule has 5 aliphatic rings. The van der Waals surface area contributed by atoms with Crippen LogP contribution >= 0.6 is 0 Å². The first-order valence-electron chi connectivity index (χ1n) is 14.6. The lowest BCUT2D eigenvalue weighted by Gasteiger charge is -2.34. The van der Waals surface area contributed by atoms with Crippen molar-refractivity contribution in [1.82, 2.24) is 10.2 Å². The van der Waals surface area contributed by atoms with Crippen LogP contribution in [0.25, 0.3) is 0 Å². The van der Waals surface area contributed by atoms with Gasteiger partial charge in [0.25, 0.3) is 0 Å². The number of aliphatic hydroxyl groups excluding tert-OH is 3. The molecule has 5 saturated heterocycles. The van der Waals surface area contributed by atoms with E-state index in [0.29, 0.717) is 6.54 Å². The second-order valence-corrected chi connectivity index (χ2v) is 12.2. The number of piperidine rings is 1. The number of benzene rings is 1. The van der Waals surface area contributed by atoms with E-state index >= 15 is 0 Å². The van der Waals surface area contributed by atoms with Crippen LogP contribution in [0.1, 0.15) is 46.1 Å². The lowest BCUT2D eigenvalue weighted by atomic mass is 10.0. The lowest BCUT2D eigenvalue weighted by molar-refractivity contribution is -0.218. The van der Waals surface area contributed by atoms with Crippen LogP contribution in [0.15, 0.2) is 30.3 Å². The number of carbonyl (C=O) groups is 1. The lowest BCUT2D eigenvalue weighted by Crippen LogP contribution is -2.48. The van der Waals surface area contributed by atoms with Crippen molar-refractivity contribution in [3.63, 3.8) is 0 Å².